The van der Waals surface area contributed by atoms with Crippen LogP contribution in [0.5, 0.6) is 0 Å². The van der Waals surface area contributed by atoms with E-state index in [9.17, 15) is 0 Å². The molecule has 0 saturated carbocycles. The summed E-state index contributed by atoms with van der Waals surface area (Å²) in [4.78, 5) is 0. The predicted octanol–water partition coefficient (Wildman–Crippen LogP) is 4.34. The molecule has 0 heterocycles. The lowest BCUT2D eigenvalue weighted by atomic mass is 10.0. The molecule has 0 N–H and O–H groups in total. The molecule has 0 aromatic heterocycles. The molecular formula is C12H22. The van der Waals surface area contributed by atoms with Gasteiger partial charge in [0.25, 0.3) is 0 Å². The summed E-state index contributed by atoms with van der Waals surface area (Å²) < 4.78 is 0. The number of allylic oxidation sites excluding steroid dienone is 4. The Kier molecular flexibility index (Phi) is 6.84. The molecule has 0 aromatic rings. The van der Waals surface area contributed by atoms with Gasteiger partial charge in [-0.05, 0) is 32.6 Å². The molecule has 0 spiro atoms. The van der Waals surface area contributed by atoms with Crippen molar-refractivity contribution in [1.29, 1.82) is 0 Å². The zero-order valence-electron chi connectivity index (χ0n) is 8.93. The molecule has 0 nitrogen and oxygen atoms in total. The minimum Gasteiger partial charge on any atom is -0.0845 e. The second-order valence-electron chi connectivity index (χ2n) is 3.76. The van der Waals surface area contributed by atoms with Gasteiger partial charge in [-0.2, -0.15) is 0 Å². The van der Waals surface area contributed by atoms with Crippen LogP contribution in [-0.2, 0) is 0 Å². The minimum atomic E-state index is 0.876. The van der Waals surface area contributed by atoms with E-state index in [-0.39, 0.29) is 0 Å². The molecule has 70 valence electrons. The minimum absolute atomic E-state index is 0.876. The lowest BCUT2D eigenvalue weighted by molar-refractivity contribution is 0.522. The number of hydrogen-bond acceptors (Lipinski definition) is 0. The van der Waals surface area contributed by atoms with Gasteiger partial charge in [0.2, 0.25) is 0 Å². The monoisotopic (exact) mass is 166 g/mol. The highest BCUT2D eigenvalue weighted by Crippen LogP contribution is 2.09. The topological polar surface area (TPSA) is 0 Å². The van der Waals surface area contributed by atoms with Gasteiger partial charge in [-0.15, -0.1) is 0 Å². The van der Waals surface area contributed by atoms with Gasteiger partial charge in [0.05, 0.1) is 0 Å². The molecule has 1 unspecified atom stereocenters. The Morgan fingerprint density at radius 1 is 1.33 bits per heavy atom. The van der Waals surface area contributed by atoms with Crippen molar-refractivity contribution in [2.75, 3.05) is 0 Å². The van der Waals surface area contributed by atoms with E-state index in [4.69, 9.17) is 0 Å². The SMILES string of the molecule is CCC(C)CCC=CC=C(C)C. The summed E-state index contributed by atoms with van der Waals surface area (Å²) in [5, 5.41) is 0. The van der Waals surface area contributed by atoms with Gasteiger partial charge in [-0.1, -0.05) is 44.1 Å². The first-order valence-electron chi connectivity index (χ1n) is 4.96. The molecule has 0 saturated heterocycles. The van der Waals surface area contributed by atoms with Gasteiger partial charge in [0, 0.05) is 0 Å². The van der Waals surface area contributed by atoms with Crippen molar-refractivity contribution in [3.05, 3.63) is 23.8 Å². The summed E-state index contributed by atoms with van der Waals surface area (Å²) >= 11 is 0. The molecule has 0 amide bonds. The van der Waals surface area contributed by atoms with Gasteiger partial charge in [0.15, 0.2) is 0 Å². The van der Waals surface area contributed by atoms with Crippen LogP contribution in [0.2, 0.25) is 0 Å². The van der Waals surface area contributed by atoms with E-state index >= 15 is 0 Å². The highest BCUT2D eigenvalue weighted by molar-refractivity contribution is 5.07. The van der Waals surface area contributed by atoms with E-state index in [2.05, 4.69) is 45.9 Å². The molecule has 0 heteroatoms. The van der Waals surface area contributed by atoms with Gasteiger partial charge in [-0.25, -0.2) is 0 Å². The summed E-state index contributed by atoms with van der Waals surface area (Å²) in [5.41, 5.74) is 1.37. The molecule has 0 aromatic carbocycles. The normalized spacial score (nSPS) is 13.3. The maximum Gasteiger partial charge on any atom is -0.0345 e. The van der Waals surface area contributed by atoms with Crippen molar-refractivity contribution in [1.82, 2.24) is 0 Å². The molecule has 0 fully saturated rings. The molecule has 0 radical (unpaired) electrons. The van der Waals surface area contributed by atoms with Crippen LogP contribution in [0.4, 0.5) is 0 Å². The van der Waals surface area contributed by atoms with Crippen LogP contribution in [0.1, 0.15) is 47.0 Å². The Hall–Kier alpha value is -0.520. The third-order valence-corrected chi connectivity index (χ3v) is 2.09. The van der Waals surface area contributed by atoms with Crippen LogP contribution in [0.15, 0.2) is 23.8 Å². The van der Waals surface area contributed by atoms with Crippen LogP contribution >= 0.6 is 0 Å². The summed E-state index contributed by atoms with van der Waals surface area (Å²) in [6.45, 7) is 8.82. The third kappa shape index (κ3) is 7.59. The van der Waals surface area contributed by atoms with Gasteiger partial charge in [-0.3, -0.25) is 0 Å². The fourth-order valence-electron chi connectivity index (χ4n) is 0.942. The molecule has 0 rings (SSSR count). The van der Waals surface area contributed by atoms with Crippen LogP contribution in [-0.4, -0.2) is 0 Å². The Labute approximate surface area is 77.4 Å². The van der Waals surface area contributed by atoms with Crippen LogP contribution in [0.25, 0.3) is 0 Å². The molecule has 1 atom stereocenters. The van der Waals surface area contributed by atoms with Gasteiger partial charge >= 0.3 is 0 Å². The van der Waals surface area contributed by atoms with Crippen molar-refractivity contribution in [3.8, 4) is 0 Å². The van der Waals surface area contributed by atoms with E-state index in [0.717, 1.165) is 5.92 Å². The van der Waals surface area contributed by atoms with Crippen LogP contribution < -0.4 is 0 Å². The number of hydrogen-bond donors (Lipinski definition) is 0. The summed E-state index contributed by atoms with van der Waals surface area (Å²) in [7, 11) is 0. The van der Waals surface area contributed by atoms with E-state index < -0.39 is 0 Å². The zero-order valence-corrected chi connectivity index (χ0v) is 8.93. The Bertz CT molecular complexity index is 147. The highest BCUT2D eigenvalue weighted by Gasteiger charge is 1.94. The first-order chi connectivity index (χ1) is 5.66. The van der Waals surface area contributed by atoms with Crippen molar-refractivity contribution in [2.45, 2.75) is 47.0 Å². The smallest absolute Gasteiger partial charge is 0.0345 e. The molecule has 12 heavy (non-hydrogen) atoms. The maximum absolute atomic E-state index is 2.31. The second kappa shape index (κ2) is 7.15. The highest BCUT2D eigenvalue weighted by atomic mass is 14.0. The fraction of sp³-hybridized carbons (Fsp3) is 0.667. The molecule has 0 aliphatic rings. The summed E-state index contributed by atoms with van der Waals surface area (Å²) in [6.07, 6.45) is 10.4. The van der Waals surface area contributed by atoms with Crippen molar-refractivity contribution >= 4 is 0 Å². The van der Waals surface area contributed by atoms with Crippen molar-refractivity contribution < 1.29 is 0 Å². The maximum atomic E-state index is 2.31. The third-order valence-electron chi connectivity index (χ3n) is 2.09. The summed E-state index contributed by atoms with van der Waals surface area (Å²) in [6, 6.07) is 0. The van der Waals surface area contributed by atoms with E-state index in [1.54, 1.807) is 0 Å². The summed E-state index contributed by atoms with van der Waals surface area (Å²) in [5.74, 6) is 0.876. The van der Waals surface area contributed by atoms with E-state index in [0.29, 0.717) is 0 Å². The van der Waals surface area contributed by atoms with E-state index in [1.807, 2.05) is 0 Å². The Balaban J connectivity index is 3.43. The molecule has 0 bridgehead atoms. The first kappa shape index (κ1) is 11.5. The quantitative estimate of drug-likeness (QED) is 0.533. The Morgan fingerprint density at radius 3 is 2.50 bits per heavy atom. The van der Waals surface area contributed by atoms with Gasteiger partial charge in [0.1, 0.15) is 0 Å². The second-order valence-corrected chi connectivity index (χ2v) is 3.76. The number of rotatable bonds is 5. The van der Waals surface area contributed by atoms with Crippen LogP contribution in [0, 0.1) is 5.92 Å². The predicted molar refractivity (Wildman–Crippen MR) is 57.3 cm³/mol. The fourth-order valence-corrected chi connectivity index (χ4v) is 0.942. The lowest BCUT2D eigenvalue weighted by Gasteiger charge is -2.03. The van der Waals surface area contributed by atoms with E-state index in [1.165, 1.54) is 24.8 Å². The molecule has 0 aliphatic carbocycles. The molecular weight excluding hydrogens is 144 g/mol. The lowest BCUT2D eigenvalue weighted by Crippen LogP contribution is -1.89. The van der Waals surface area contributed by atoms with Gasteiger partial charge < -0.3 is 0 Å². The first-order valence-corrected chi connectivity index (χ1v) is 4.96. The Morgan fingerprint density at radius 2 is 2.00 bits per heavy atom. The molecule has 0 aliphatic heterocycles. The standard InChI is InChI=1S/C12H22/c1-5-12(4)10-8-6-7-9-11(2)3/h6-7,9,12H,5,8,10H2,1-4H3. The zero-order chi connectivity index (χ0) is 9.40. The average Bonchev–Trinajstić information content (AvgIpc) is 2.03. The van der Waals surface area contributed by atoms with Crippen molar-refractivity contribution in [2.24, 2.45) is 5.92 Å². The average molecular weight is 166 g/mol. The van der Waals surface area contributed by atoms with Crippen LogP contribution in [0.3, 0.4) is 0 Å². The van der Waals surface area contributed by atoms with Crippen molar-refractivity contribution in [3.63, 3.8) is 0 Å². The largest absolute Gasteiger partial charge is 0.0845 e.